The van der Waals surface area contributed by atoms with E-state index in [0.717, 1.165) is 4.68 Å². The minimum atomic E-state index is -5.06. The van der Waals surface area contributed by atoms with Gasteiger partial charge in [0.15, 0.2) is 0 Å². The summed E-state index contributed by atoms with van der Waals surface area (Å²) in [6.45, 7) is 0. The third kappa shape index (κ3) is 3.85. The first-order valence-electron chi connectivity index (χ1n) is 7.77. The highest BCUT2D eigenvalue weighted by atomic mass is 32.2. The Morgan fingerprint density at radius 3 is 2.48 bits per heavy atom. The molecule has 150 valence electrons. The number of anilines is 2. The zero-order chi connectivity index (χ0) is 21.4. The van der Waals surface area contributed by atoms with Gasteiger partial charge in [-0.25, -0.2) is 17.5 Å². The third-order valence-electron chi connectivity index (χ3n) is 3.86. The van der Waals surface area contributed by atoms with E-state index in [-0.39, 0.29) is 28.8 Å². The molecule has 3 N–H and O–H groups in total. The maximum absolute atomic E-state index is 13.5. The Morgan fingerprint density at radius 1 is 1.17 bits per heavy atom. The second kappa shape index (κ2) is 7.10. The summed E-state index contributed by atoms with van der Waals surface area (Å²) >= 11 is 0. The predicted octanol–water partition coefficient (Wildman–Crippen LogP) is 3.28. The van der Waals surface area contributed by atoms with Crippen molar-refractivity contribution < 1.29 is 26.0 Å². The Balaban J connectivity index is 2.05. The van der Waals surface area contributed by atoms with Crippen molar-refractivity contribution in [2.45, 2.75) is 11.1 Å². The van der Waals surface area contributed by atoms with Crippen molar-refractivity contribution in [2.24, 2.45) is 0 Å². The fourth-order valence-electron chi connectivity index (χ4n) is 2.47. The molecule has 1 aromatic heterocycles. The zero-order valence-corrected chi connectivity index (χ0v) is 15.1. The van der Waals surface area contributed by atoms with Crippen LogP contribution in [0.1, 0.15) is 11.1 Å². The fraction of sp³-hybridized carbons (Fsp3) is 0.0588. The Bertz CT molecular complexity index is 1230. The second-order valence-electron chi connectivity index (χ2n) is 5.73. The number of hydrogen-bond donors (Lipinski definition) is 2. The molecule has 0 spiro atoms. The molecule has 0 fully saturated rings. The van der Waals surface area contributed by atoms with Crippen molar-refractivity contribution in [1.82, 2.24) is 9.78 Å². The number of alkyl halides is 3. The smallest absolute Gasteiger partial charge is 0.382 e. The van der Waals surface area contributed by atoms with E-state index in [0.29, 0.717) is 12.1 Å². The van der Waals surface area contributed by atoms with Crippen molar-refractivity contribution >= 4 is 21.5 Å². The molecular weight excluding hydrogens is 414 g/mol. The number of para-hydroxylation sites is 2. The number of rotatable bonds is 4. The highest BCUT2D eigenvalue weighted by Crippen LogP contribution is 2.33. The van der Waals surface area contributed by atoms with Crippen LogP contribution in [0.3, 0.4) is 0 Å². The van der Waals surface area contributed by atoms with Gasteiger partial charge in [-0.2, -0.15) is 23.5 Å². The van der Waals surface area contributed by atoms with E-state index in [1.165, 1.54) is 24.4 Å². The van der Waals surface area contributed by atoms with E-state index < -0.39 is 32.5 Å². The molecule has 29 heavy (non-hydrogen) atoms. The van der Waals surface area contributed by atoms with Crippen LogP contribution in [0.2, 0.25) is 0 Å². The molecular formula is C17H11F4N5O2S. The van der Waals surface area contributed by atoms with E-state index >= 15 is 0 Å². The van der Waals surface area contributed by atoms with Gasteiger partial charge in [0.05, 0.1) is 28.0 Å². The van der Waals surface area contributed by atoms with Crippen molar-refractivity contribution in [3.8, 4) is 11.8 Å². The lowest BCUT2D eigenvalue weighted by molar-refractivity contribution is -0.140. The van der Waals surface area contributed by atoms with Crippen LogP contribution in [0.5, 0.6) is 0 Å². The van der Waals surface area contributed by atoms with E-state index in [1.807, 2.05) is 6.07 Å². The number of hydrogen-bond acceptors (Lipinski definition) is 5. The van der Waals surface area contributed by atoms with E-state index in [9.17, 15) is 26.0 Å². The fourth-order valence-corrected chi connectivity index (χ4v) is 3.57. The van der Waals surface area contributed by atoms with Crippen LogP contribution in [-0.4, -0.2) is 18.2 Å². The molecule has 0 aliphatic rings. The summed E-state index contributed by atoms with van der Waals surface area (Å²) < 4.78 is 80.6. The van der Waals surface area contributed by atoms with Gasteiger partial charge in [0.1, 0.15) is 23.3 Å². The molecule has 0 amide bonds. The Labute approximate surface area is 162 Å². The molecule has 12 heteroatoms. The van der Waals surface area contributed by atoms with Crippen LogP contribution in [-0.2, 0) is 16.2 Å². The number of halogens is 4. The molecule has 0 saturated heterocycles. The molecule has 0 atom stereocenters. The number of nitrogens with one attached hydrogen (secondary N) is 1. The van der Waals surface area contributed by atoms with Gasteiger partial charge < -0.3 is 5.73 Å². The van der Waals surface area contributed by atoms with Gasteiger partial charge in [0.25, 0.3) is 10.0 Å². The second-order valence-corrected chi connectivity index (χ2v) is 7.41. The molecule has 3 rings (SSSR count). The molecule has 3 aromatic rings. The summed E-state index contributed by atoms with van der Waals surface area (Å²) in [6.07, 6.45) is -3.89. The minimum Gasteiger partial charge on any atom is -0.382 e. The monoisotopic (exact) mass is 425 g/mol. The van der Waals surface area contributed by atoms with Crippen LogP contribution in [0.25, 0.3) is 5.69 Å². The summed E-state index contributed by atoms with van der Waals surface area (Å²) in [4.78, 5) is -0.785. The summed E-state index contributed by atoms with van der Waals surface area (Å²) in [7, 11) is -4.52. The Kier molecular flexibility index (Phi) is 4.93. The average molecular weight is 425 g/mol. The Hall–Kier alpha value is -3.59. The summed E-state index contributed by atoms with van der Waals surface area (Å²) in [5.41, 5.74) is 4.22. The quantitative estimate of drug-likeness (QED) is 0.623. The summed E-state index contributed by atoms with van der Waals surface area (Å²) in [5.74, 6) is -1.65. The lowest BCUT2D eigenvalue weighted by atomic mass is 10.2. The summed E-state index contributed by atoms with van der Waals surface area (Å²) in [5, 5.41) is 12.9. The number of benzene rings is 2. The maximum atomic E-state index is 13.5. The van der Waals surface area contributed by atoms with Gasteiger partial charge >= 0.3 is 6.18 Å². The highest BCUT2D eigenvalue weighted by molar-refractivity contribution is 7.92. The van der Waals surface area contributed by atoms with Crippen molar-refractivity contribution in [1.29, 1.82) is 5.26 Å². The lowest BCUT2D eigenvalue weighted by Gasteiger charge is -2.15. The van der Waals surface area contributed by atoms with Crippen LogP contribution in [0, 0.1) is 17.1 Å². The first-order chi connectivity index (χ1) is 13.5. The molecule has 0 bridgehead atoms. The molecule has 0 radical (unpaired) electrons. The normalized spacial score (nSPS) is 11.8. The summed E-state index contributed by atoms with van der Waals surface area (Å²) in [6, 6.07) is 8.94. The van der Waals surface area contributed by atoms with Gasteiger partial charge in [-0.1, -0.05) is 12.1 Å². The number of nitrogens with two attached hydrogens (primary N) is 1. The number of sulfonamides is 1. The van der Waals surface area contributed by atoms with Crippen LogP contribution in [0.15, 0.2) is 53.6 Å². The predicted molar refractivity (Wildman–Crippen MR) is 94.9 cm³/mol. The molecule has 7 nitrogen and oxygen atoms in total. The van der Waals surface area contributed by atoms with Gasteiger partial charge in [0, 0.05) is 0 Å². The lowest BCUT2D eigenvalue weighted by Crippen LogP contribution is -2.17. The average Bonchev–Trinajstić information content (AvgIpc) is 3.01. The third-order valence-corrected chi connectivity index (χ3v) is 5.22. The van der Waals surface area contributed by atoms with Gasteiger partial charge in [-0.15, -0.1) is 0 Å². The molecule has 0 aliphatic carbocycles. The largest absolute Gasteiger partial charge is 0.419 e. The molecule has 1 heterocycles. The zero-order valence-electron chi connectivity index (χ0n) is 14.3. The molecule has 0 aliphatic heterocycles. The standard InChI is InChI=1S/C17H11F4N5O2S/c18-13-6-5-11(7-12(13)17(19,20)21)29(27,28)25-14-3-1-2-4-15(14)26-16(23)10(8-22)9-24-26/h1-7,9,25H,23H2. The number of nitriles is 1. The maximum Gasteiger partial charge on any atom is 0.419 e. The number of nitrogens with zero attached hydrogens (tertiary/aromatic N) is 3. The molecule has 0 saturated carbocycles. The first-order valence-corrected chi connectivity index (χ1v) is 9.25. The van der Waals surface area contributed by atoms with E-state index in [1.54, 1.807) is 6.07 Å². The number of aromatic nitrogens is 2. The van der Waals surface area contributed by atoms with Crippen LogP contribution < -0.4 is 10.5 Å². The van der Waals surface area contributed by atoms with Crippen molar-refractivity contribution in [2.75, 3.05) is 10.5 Å². The van der Waals surface area contributed by atoms with Gasteiger partial charge in [-0.3, -0.25) is 4.72 Å². The highest BCUT2D eigenvalue weighted by Gasteiger charge is 2.35. The molecule has 2 aromatic carbocycles. The van der Waals surface area contributed by atoms with E-state index in [4.69, 9.17) is 11.0 Å². The van der Waals surface area contributed by atoms with Crippen molar-refractivity contribution in [3.63, 3.8) is 0 Å². The van der Waals surface area contributed by atoms with Crippen LogP contribution >= 0.6 is 0 Å². The van der Waals surface area contributed by atoms with Gasteiger partial charge in [-0.05, 0) is 30.3 Å². The van der Waals surface area contributed by atoms with E-state index in [2.05, 4.69) is 9.82 Å². The number of nitrogen functional groups attached to an aromatic ring is 1. The Morgan fingerprint density at radius 2 is 1.86 bits per heavy atom. The minimum absolute atomic E-state index is 0.0519. The van der Waals surface area contributed by atoms with Gasteiger partial charge in [0.2, 0.25) is 0 Å². The topological polar surface area (TPSA) is 114 Å². The molecule has 0 unspecified atom stereocenters. The van der Waals surface area contributed by atoms with Crippen molar-refractivity contribution in [3.05, 3.63) is 65.6 Å². The van der Waals surface area contributed by atoms with Crippen LogP contribution in [0.4, 0.5) is 29.1 Å². The SMILES string of the molecule is N#Cc1cnn(-c2ccccc2NS(=O)(=O)c2ccc(F)c(C(F)(F)F)c2)c1N. The first kappa shape index (κ1) is 20.2.